The Morgan fingerprint density at radius 3 is 2.41 bits per heavy atom. The summed E-state index contributed by atoms with van der Waals surface area (Å²) in [5.41, 5.74) is 0. The average Bonchev–Trinajstić information content (AvgIpc) is 3.06. The number of hydrogen-bond donors (Lipinski definition) is 1. The second-order valence-electron chi connectivity index (χ2n) is 6.62. The van der Waals surface area contributed by atoms with Crippen LogP contribution >= 0.6 is 0 Å². The maximum Gasteiger partial charge on any atom is 0.00682 e. The maximum absolute atomic E-state index is 3.61. The van der Waals surface area contributed by atoms with Gasteiger partial charge in [0.15, 0.2) is 0 Å². The van der Waals surface area contributed by atoms with E-state index in [1.807, 2.05) is 0 Å². The topological polar surface area (TPSA) is 15.3 Å². The van der Waals surface area contributed by atoms with Crippen LogP contribution in [0, 0.1) is 11.8 Å². The van der Waals surface area contributed by atoms with Crippen LogP contribution < -0.4 is 5.32 Å². The molecule has 1 heterocycles. The van der Waals surface area contributed by atoms with E-state index in [4.69, 9.17) is 0 Å². The van der Waals surface area contributed by atoms with Crippen LogP contribution in [-0.4, -0.2) is 36.6 Å². The van der Waals surface area contributed by atoms with Gasteiger partial charge in [0.2, 0.25) is 0 Å². The molecule has 2 fully saturated rings. The van der Waals surface area contributed by atoms with E-state index in [1.165, 1.54) is 51.7 Å². The fraction of sp³-hybridized carbons (Fsp3) is 1.00. The van der Waals surface area contributed by atoms with Crippen LogP contribution in [0.2, 0.25) is 0 Å². The predicted molar refractivity (Wildman–Crippen MR) is 74.2 cm³/mol. The molecule has 2 nitrogen and oxygen atoms in total. The fourth-order valence-electron chi connectivity index (χ4n) is 3.24. The van der Waals surface area contributed by atoms with Gasteiger partial charge in [0, 0.05) is 25.2 Å². The molecular formula is C15H30N2. The van der Waals surface area contributed by atoms with Crippen molar-refractivity contribution < 1.29 is 0 Å². The molecule has 1 aliphatic carbocycles. The van der Waals surface area contributed by atoms with Crippen LogP contribution in [0.4, 0.5) is 0 Å². The molecule has 1 saturated heterocycles. The van der Waals surface area contributed by atoms with Crippen molar-refractivity contribution in [2.24, 2.45) is 11.8 Å². The van der Waals surface area contributed by atoms with Crippen molar-refractivity contribution in [3.63, 3.8) is 0 Å². The molecule has 0 bridgehead atoms. The molecule has 0 spiro atoms. The Hall–Kier alpha value is -0.0800. The van der Waals surface area contributed by atoms with Gasteiger partial charge in [-0.2, -0.15) is 0 Å². The van der Waals surface area contributed by atoms with Gasteiger partial charge in [0.25, 0.3) is 0 Å². The SMILES string of the molecule is CC1CC(C)CN(C(C)CCCNC2CC2)C1. The molecule has 0 amide bonds. The van der Waals surface area contributed by atoms with Crippen molar-refractivity contribution >= 4 is 0 Å². The monoisotopic (exact) mass is 238 g/mol. The Bertz CT molecular complexity index is 215. The van der Waals surface area contributed by atoms with Gasteiger partial charge in [-0.05, 0) is 57.4 Å². The number of nitrogens with zero attached hydrogens (tertiary/aromatic N) is 1. The normalized spacial score (nSPS) is 32.6. The lowest BCUT2D eigenvalue weighted by Crippen LogP contribution is -2.44. The van der Waals surface area contributed by atoms with Crippen LogP contribution in [0.3, 0.4) is 0 Å². The molecule has 1 aliphatic heterocycles. The lowest BCUT2D eigenvalue weighted by atomic mass is 9.90. The number of rotatable bonds is 6. The molecule has 100 valence electrons. The van der Waals surface area contributed by atoms with Crippen LogP contribution in [0.5, 0.6) is 0 Å². The Balaban J connectivity index is 1.61. The summed E-state index contributed by atoms with van der Waals surface area (Å²) in [6, 6.07) is 1.65. The Labute approximate surface area is 107 Å². The zero-order valence-corrected chi connectivity index (χ0v) is 11.9. The summed E-state index contributed by atoms with van der Waals surface area (Å²) >= 11 is 0. The molecule has 17 heavy (non-hydrogen) atoms. The van der Waals surface area contributed by atoms with E-state index in [-0.39, 0.29) is 0 Å². The number of hydrogen-bond acceptors (Lipinski definition) is 2. The van der Waals surface area contributed by atoms with E-state index >= 15 is 0 Å². The van der Waals surface area contributed by atoms with Crippen molar-refractivity contribution in [1.82, 2.24) is 10.2 Å². The van der Waals surface area contributed by atoms with E-state index in [2.05, 4.69) is 31.0 Å². The highest BCUT2D eigenvalue weighted by Gasteiger charge is 2.25. The molecule has 0 radical (unpaired) electrons. The van der Waals surface area contributed by atoms with E-state index in [0.717, 1.165) is 23.9 Å². The predicted octanol–water partition coefficient (Wildman–Crippen LogP) is 2.89. The van der Waals surface area contributed by atoms with E-state index < -0.39 is 0 Å². The lowest BCUT2D eigenvalue weighted by molar-refractivity contribution is 0.0978. The summed E-state index contributed by atoms with van der Waals surface area (Å²) in [5.74, 6) is 1.79. The summed E-state index contributed by atoms with van der Waals surface area (Å²) in [5, 5.41) is 3.61. The van der Waals surface area contributed by atoms with Crippen molar-refractivity contribution in [3.8, 4) is 0 Å². The van der Waals surface area contributed by atoms with Crippen molar-refractivity contribution in [1.29, 1.82) is 0 Å². The van der Waals surface area contributed by atoms with Crippen molar-refractivity contribution in [3.05, 3.63) is 0 Å². The minimum absolute atomic E-state index is 0.779. The van der Waals surface area contributed by atoms with Gasteiger partial charge >= 0.3 is 0 Å². The Morgan fingerprint density at radius 2 is 1.82 bits per heavy atom. The van der Waals surface area contributed by atoms with Gasteiger partial charge in [-0.25, -0.2) is 0 Å². The molecule has 2 heteroatoms. The standard InChI is InChI=1S/C15H30N2/c1-12-9-13(2)11-17(10-12)14(3)5-4-8-16-15-6-7-15/h12-16H,4-11H2,1-3H3. The third kappa shape index (κ3) is 4.59. The van der Waals surface area contributed by atoms with Crippen LogP contribution in [0.15, 0.2) is 0 Å². The maximum atomic E-state index is 3.61. The molecule has 0 aromatic rings. The first-order chi connectivity index (χ1) is 8.15. The largest absolute Gasteiger partial charge is 0.314 e. The number of nitrogens with one attached hydrogen (secondary N) is 1. The molecule has 1 saturated carbocycles. The first kappa shape index (κ1) is 13.4. The van der Waals surface area contributed by atoms with Gasteiger partial charge in [0.1, 0.15) is 0 Å². The summed E-state index contributed by atoms with van der Waals surface area (Å²) in [6.07, 6.45) is 6.95. The molecule has 0 aromatic carbocycles. The molecular weight excluding hydrogens is 208 g/mol. The highest BCUT2D eigenvalue weighted by Crippen LogP contribution is 2.24. The zero-order chi connectivity index (χ0) is 12.3. The number of piperidine rings is 1. The second-order valence-corrected chi connectivity index (χ2v) is 6.62. The third-order valence-corrected chi connectivity index (χ3v) is 4.33. The quantitative estimate of drug-likeness (QED) is 0.716. The van der Waals surface area contributed by atoms with E-state index in [0.29, 0.717) is 0 Å². The number of likely N-dealkylation sites (tertiary alicyclic amines) is 1. The molecule has 3 unspecified atom stereocenters. The van der Waals surface area contributed by atoms with Crippen LogP contribution in [-0.2, 0) is 0 Å². The van der Waals surface area contributed by atoms with Crippen LogP contribution in [0.1, 0.15) is 52.9 Å². The van der Waals surface area contributed by atoms with Gasteiger partial charge in [-0.1, -0.05) is 13.8 Å². The molecule has 2 rings (SSSR count). The molecule has 0 aromatic heterocycles. The zero-order valence-electron chi connectivity index (χ0n) is 11.9. The van der Waals surface area contributed by atoms with Gasteiger partial charge in [-0.15, -0.1) is 0 Å². The fourth-order valence-corrected chi connectivity index (χ4v) is 3.24. The van der Waals surface area contributed by atoms with Gasteiger partial charge in [-0.3, -0.25) is 0 Å². The summed E-state index contributed by atoms with van der Waals surface area (Å²) < 4.78 is 0. The molecule has 2 aliphatic rings. The van der Waals surface area contributed by atoms with E-state index in [9.17, 15) is 0 Å². The summed E-state index contributed by atoms with van der Waals surface area (Å²) in [7, 11) is 0. The van der Waals surface area contributed by atoms with Crippen molar-refractivity contribution in [2.45, 2.75) is 65.0 Å². The minimum Gasteiger partial charge on any atom is -0.314 e. The molecule has 1 N–H and O–H groups in total. The van der Waals surface area contributed by atoms with Crippen molar-refractivity contribution in [2.75, 3.05) is 19.6 Å². The van der Waals surface area contributed by atoms with Gasteiger partial charge < -0.3 is 10.2 Å². The minimum atomic E-state index is 0.779. The van der Waals surface area contributed by atoms with Gasteiger partial charge in [0.05, 0.1) is 0 Å². The smallest absolute Gasteiger partial charge is 0.00682 e. The van der Waals surface area contributed by atoms with E-state index in [1.54, 1.807) is 0 Å². The first-order valence-corrected chi connectivity index (χ1v) is 7.62. The third-order valence-electron chi connectivity index (χ3n) is 4.33. The summed E-state index contributed by atoms with van der Waals surface area (Å²) in [6.45, 7) is 11.1. The highest BCUT2D eigenvalue weighted by atomic mass is 15.2. The second kappa shape index (κ2) is 6.19. The average molecular weight is 238 g/mol. The lowest BCUT2D eigenvalue weighted by Gasteiger charge is -2.39. The molecule has 3 atom stereocenters. The van der Waals surface area contributed by atoms with Crippen LogP contribution in [0.25, 0.3) is 0 Å². The first-order valence-electron chi connectivity index (χ1n) is 7.62. The Morgan fingerprint density at radius 1 is 1.18 bits per heavy atom. The highest BCUT2D eigenvalue weighted by molar-refractivity contribution is 4.81. The summed E-state index contributed by atoms with van der Waals surface area (Å²) in [4.78, 5) is 2.72. The Kier molecular flexibility index (Phi) is 4.87.